The molecule has 0 bridgehead atoms. The van der Waals surface area contributed by atoms with Crippen LogP contribution in [0.3, 0.4) is 0 Å². The number of carbonyl (C=O) groups is 1. The molecule has 0 aliphatic carbocycles. The van der Waals surface area contributed by atoms with Crippen molar-refractivity contribution in [2.45, 2.75) is 32.6 Å². The monoisotopic (exact) mass is 478 g/mol. The van der Waals surface area contributed by atoms with Crippen LogP contribution in [-0.2, 0) is 11.2 Å². The summed E-state index contributed by atoms with van der Waals surface area (Å²) in [6.45, 7) is 11.8. The molecule has 190 valence electrons. The Labute approximate surface area is 211 Å². The summed E-state index contributed by atoms with van der Waals surface area (Å²) in [7, 11) is 2.18. The van der Waals surface area contributed by atoms with Crippen LogP contribution in [-0.4, -0.2) is 93.2 Å². The van der Waals surface area contributed by atoms with Crippen molar-refractivity contribution in [1.29, 1.82) is 0 Å². The Morgan fingerprint density at radius 3 is 2.34 bits per heavy atom. The van der Waals surface area contributed by atoms with E-state index >= 15 is 0 Å². The van der Waals surface area contributed by atoms with E-state index in [1.54, 1.807) is 0 Å². The SMILES string of the molecule is Cc1cccc(OCCCCC(=O)N2CCN(CCc3ccccc3)CC2)c1N1CCN(C)CC1. The van der Waals surface area contributed by atoms with Gasteiger partial charge in [0.25, 0.3) is 0 Å². The van der Waals surface area contributed by atoms with Crippen molar-refractivity contribution in [3.05, 3.63) is 59.7 Å². The molecule has 0 unspecified atom stereocenters. The lowest BCUT2D eigenvalue weighted by Crippen LogP contribution is -2.49. The quantitative estimate of drug-likeness (QED) is 0.487. The van der Waals surface area contributed by atoms with Gasteiger partial charge in [-0.15, -0.1) is 0 Å². The first-order chi connectivity index (χ1) is 17.1. The van der Waals surface area contributed by atoms with Gasteiger partial charge in [0.2, 0.25) is 5.91 Å². The number of carbonyl (C=O) groups excluding carboxylic acids is 1. The van der Waals surface area contributed by atoms with Gasteiger partial charge in [0.05, 0.1) is 12.3 Å². The van der Waals surface area contributed by atoms with Gasteiger partial charge in [0.15, 0.2) is 0 Å². The van der Waals surface area contributed by atoms with E-state index in [0.717, 1.165) is 83.9 Å². The minimum Gasteiger partial charge on any atom is -0.491 e. The molecule has 2 aromatic carbocycles. The number of anilines is 1. The van der Waals surface area contributed by atoms with E-state index in [1.807, 2.05) is 4.90 Å². The minimum atomic E-state index is 0.293. The van der Waals surface area contributed by atoms with Crippen LogP contribution in [0.4, 0.5) is 5.69 Å². The normalized spacial score (nSPS) is 17.5. The Balaban J connectivity index is 1.13. The molecule has 0 N–H and O–H groups in total. The number of amides is 1. The minimum absolute atomic E-state index is 0.293. The number of piperazine rings is 2. The fourth-order valence-corrected chi connectivity index (χ4v) is 5.06. The molecule has 0 spiro atoms. The maximum absolute atomic E-state index is 12.7. The number of hydrogen-bond acceptors (Lipinski definition) is 5. The predicted octanol–water partition coefficient (Wildman–Crippen LogP) is 3.68. The zero-order valence-corrected chi connectivity index (χ0v) is 21.6. The van der Waals surface area contributed by atoms with Crippen molar-refractivity contribution in [2.24, 2.45) is 0 Å². The highest BCUT2D eigenvalue weighted by Crippen LogP contribution is 2.32. The fraction of sp³-hybridized carbons (Fsp3) is 0.552. The zero-order chi connectivity index (χ0) is 24.5. The fourth-order valence-electron chi connectivity index (χ4n) is 5.06. The third-order valence-electron chi connectivity index (χ3n) is 7.35. The molecular formula is C29H42N4O2. The number of hydrogen-bond donors (Lipinski definition) is 0. The zero-order valence-electron chi connectivity index (χ0n) is 21.6. The summed E-state index contributed by atoms with van der Waals surface area (Å²) >= 11 is 0. The van der Waals surface area contributed by atoms with Crippen LogP contribution in [0.15, 0.2) is 48.5 Å². The molecule has 35 heavy (non-hydrogen) atoms. The highest BCUT2D eigenvalue weighted by atomic mass is 16.5. The van der Waals surface area contributed by atoms with Crippen LogP contribution >= 0.6 is 0 Å². The standard InChI is InChI=1S/C29H42N4O2/c1-25-9-8-12-27(29(25)33-20-16-30(2)17-21-33)35-24-7-6-13-28(34)32-22-18-31(19-23-32)15-14-26-10-4-3-5-11-26/h3-5,8-12H,6-7,13-24H2,1-2H3. The molecule has 2 aliphatic rings. The lowest BCUT2D eigenvalue weighted by molar-refractivity contribution is -0.133. The number of para-hydroxylation sites is 1. The van der Waals surface area contributed by atoms with E-state index in [4.69, 9.17) is 4.74 Å². The van der Waals surface area contributed by atoms with E-state index in [1.165, 1.54) is 16.8 Å². The highest BCUT2D eigenvalue weighted by molar-refractivity contribution is 5.76. The summed E-state index contributed by atoms with van der Waals surface area (Å²) < 4.78 is 6.22. The molecule has 0 atom stereocenters. The van der Waals surface area contributed by atoms with Crippen LogP contribution in [0.5, 0.6) is 5.75 Å². The Bertz CT molecular complexity index is 920. The van der Waals surface area contributed by atoms with Crippen molar-refractivity contribution in [1.82, 2.24) is 14.7 Å². The van der Waals surface area contributed by atoms with Crippen molar-refractivity contribution in [3.63, 3.8) is 0 Å². The summed E-state index contributed by atoms with van der Waals surface area (Å²) in [5.41, 5.74) is 3.89. The largest absolute Gasteiger partial charge is 0.491 e. The van der Waals surface area contributed by atoms with Crippen molar-refractivity contribution < 1.29 is 9.53 Å². The second kappa shape index (κ2) is 12.9. The molecule has 2 saturated heterocycles. The van der Waals surface area contributed by atoms with E-state index in [-0.39, 0.29) is 0 Å². The third kappa shape index (κ3) is 7.45. The van der Waals surface area contributed by atoms with Crippen molar-refractivity contribution >= 4 is 11.6 Å². The average molecular weight is 479 g/mol. The number of ether oxygens (including phenoxy) is 1. The maximum atomic E-state index is 12.7. The second-order valence-electron chi connectivity index (χ2n) is 9.98. The first-order valence-electron chi connectivity index (χ1n) is 13.3. The molecule has 2 aliphatic heterocycles. The lowest BCUT2D eigenvalue weighted by Gasteiger charge is -2.35. The number of benzene rings is 2. The van der Waals surface area contributed by atoms with Crippen LogP contribution in [0.25, 0.3) is 0 Å². The van der Waals surface area contributed by atoms with Crippen LogP contribution < -0.4 is 9.64 Å². The maximum Gasteiger partial charge on any atom is 0.222 e. The Morgan fingerprint density at radius 2 is 1.60 bits per heavy atom. The lowest BCUT2D eigenvalue weighted by atomic mass is 10.1. The number of aryl methyl sites for hydroxylation is 1. The molecular weight excluding hydrogens is 436 g/mol. The molecule has 6 heteroatoms. The summed E-state index contributed by atoms with van der Waals surface area (Å²) in [5.74, 6) is 1.27. The van der Waals surface area contributed by atoms with E-state index in [0.29, 0.717) is 18.9 Å². The van der Waals surface area contributed by atoms with E-state index < -0.39 is 0 Å². The van der Waals surface area contributed by atoms with Gasteiger partial charge in [-0.25, -0.2) is 0 Å². The van der Waals surface area contributed by atoms with Crippen LogP contribution in [0.2, 0.25) is 0 Å². The van der Waals surface area contributed by atoms with Gasteiger partial charge in [0, 0.05) is 65.3 Å². The van der Waals surface area contributed by atoms with Gasteiger partial charge < -0.3 is 19.4 Å². The number of likely N-dealkylation sites (N-methyl/N-ethyl adjacent to an activating group) is 1. The first kappa shape index (κ1) is 25.5. The van der Waals surface area contributed by atoms with Crippen LogP contribution in [0.1, 0.15) is 30.4 Å². The molecule has 2 fully saturated rings. The Kier molecular flexibility index (Phi) is 9.43. The predicted molar refractivity (Wildman–Crippen MR) is 143 cm³/mol. The molecule has 1 amide bonds. The van der Waals surface area contributed by atoms with Gasteiger partial charge in [0.1, 0.15) is 5.75 Å². The molecule has 0 saturated carbocycles. The molecule has 0 radical (unpaired) electrons. The molecule has 6 nitrogen and oxygen atoms in total. The molecule has 0 aromatic heterocycles. The van der Waals surface area contributed by atoms with Crippen molar-refractivity contribution in [3.8, 4) is 5.75 Å². The summed E-state index contributed by atoms with van der Waals surface area (Å²) in [6.07, 6.45) is 3.47. The number of rotatable bonds is 10. The Morgan fingerprint density at radius 1 is 0.857 bits per heavy atom. The van der Waals surface area contributed by atoms with Gasteiger partial charge >= 0.3 is 0 Å². The van der Waals surface area contributed by atoms with E-state index in [9.17, 15) is 4.79 Å². The van der Waals surface area contributed by atoms with Gasteiger partial charge in [-0.1, -0.05) is 42.5 Å². The Hall–Kier alpha value is -2.57. The van der Waals surface area contributed by atoms with E-state index in [2.05, 4.69) is 77.2 Å². The number of unbranched alkanes of at least 4 members (excludes halogenated alkanes) is 1. The summed E-state index contributed by atoms with van der Waals surface area (Å²) in [6, 6.07) is 17.0. The highest BCUT2D eigenvalue weighted by Gasteiger charge is 2.21. The summed E-state index contributed by atoms with van der Waals surface area (Å²) in [5, 5.41) is 0. The molecule has 2 heterocycles. The molecule has 4 rings (SSSR count). The smallest absolute Gasteiger partial charge is 0.222 e. The van der Waals surface area contributed by atoms with Crippen molar-refractivity contribution in [2.75, 3.05) is 77.5 Å². The van der Waals surface area contributed by atoms with Crippen LogP contribution in [0, 0.1) is 6.92 Å². The third-order valence-corrected chi connectivity index (χ3v) is 7.35. The van der Waals surface area contributed by atoms with Gasteiger partial charge in [-0.2, -0.15) is 0 Å². The van der Waals surface area contributed by atoms with Gasteiger partial charge in [-0.3, -0.25) is 9.69 Å². The topological polar surface area (TPSA) is 39.3 Å². The first-order valence-corrected chi connectivity index (χ1v) is 13.3. The average Bonchev–Trinajstić information content (AvgIpc) is 2.89. The second-order valence-corrected chi connectivity index (χ2v) is 9.98. The molecule has 2 aromatic rings. The number of nitrogens with zero attached hydrogens (tertiary/aromatic N) is 4. The van der Waals surface area contributed by atoms with Gasteiger partial charge in [-0.05, 0) is 50.4 Å². The summed E-state index contributed by atoms with van der Waals surface area (Å²) in [4.78, 5) is 22.1.